The second kappa shape index (κ2) is 6.88. The van der Waals surface area contributed by atoms with Crippen molar-refractivity contribution in [3.63, 3.8) is 0 Å². The molecule has 0 bridgehead atoms. The van der Waals surface area contributed by atoms with E-state index in [2.05, 4.69) is 16.0 Å². The van der Waals surface area contributed by atoms with Crippen LogP contribution in [0.3, 0.4) is 0 Å². The van der Waals surface area contributed by atoms with E-state index < -0.39 is 0 Å². The van der Waals surface area contributed by atoms with Gasteiger partial charge in [-0.15, -0.1) is 0 Å². The highest BCUT2D eigenvalue weighted by molar-refractivity contribution is 5.83. The summed E-state index contributed by atoms with van der Waals surface area (Å²) in [6.07, 6.45) is 0. The van der Waals surface area contributed by atoms with Crippen LogP contribution in [0.5, 0.6) is 0 Å². The van der Waals surface area contributed by atoms with E-state index in [1.807, 2.05) is 0 Å². The minimum absolute atomic E-state index is 0.0323. The first-order chi connectivity index (χ1) is 6.52. The van der Waals surface area contributed by atoms with E-state index in [9.17, 15) is 14.4 Å². The lowest BCUT2D eigenvalue weighted by molar-refractivity contribution is -0.125. The van der Waals surface area contributed by atoms with Crippen LogP contribution in [0.2, 0.25) is 0 Å². The van der Waals surface area contributed by atoms with Crippen molar-refractivity contribution >= 4 is 17.7 Å². The minimum atomic E-state index is -0.273. The number of rotatable bonds is 5. The van der Waals surface area contributed by atoms with Crippen molar-refractivity contribution < 1.29 is 14.4 Å². The Bertz CT molecular complexity index is 228. The standard InChI is InChI=1S/C8H15N3O3/c1-6(12)9-3-4-10-8(14)5-11-7(2)13/h3-5H2,1-2H3,(H,9,12)(H,10,14)(H,11,13). The molecule has 0 radical (unpaired) electrons. The minimum Gasteiger partial charge on any atom is -0.355 e. The third kappa shape index (κ3) is 8.51. The van der Waals surface area contributed by atoms with Crippen molar-refractivity contribution in [2.45, 2.75) is 13.8 Å². The highest BCUT2D eigenvalue weighted by Crippen LogP contribution is 1.66. The van der Waals surface area contributed by atoms with Crippen LogP contribution in [0.15, 0.2) is 0 Å². The zero-order valence-corrected chi connectivity index (χ0v) is 8.35. The Morgan fingerprint density at radius 3 is 1.86 bits per heavy atom. The molecule has 14 heavy (non-hydrogen) atoms. The smallest absolute Gasteiger partial charge is 0.239 e. The summed E-state index contributed by atoms with van der Waals surface area (Å²) in [4.78, 5) is 31.8. The van der Waals surface area contributed by atoms with E-state index in [4.69, 9.17) is 0 Å². The highest BCUT2D eigenvalue weighted by Gasteiger charge is 2.00. The molecular weight excluding hydrogens is 186 g/mol. The number of amides is 3. The summed E-state index contributed by atoms with van der Waals surface area (Å²) >= 11 is 0. The summed E-state index contributed by atoms with van der Waals surface area (Å²) in [5.74, 6) is -0.659. The van der Waals surface area contributed by atoms with Gasteiger partial charge in [0.1, 0.15) is 0 Å². The summed E-state index contributed by atoms with van der Waals surface area (Å²) < 4.78 is 0. The van der Waals surface area contributed by atoms with Crippen molar-refractivity contribution in [2.24, 2.45) is 0 Å². The fourth-order valence-corrected chi connectivity index (χ4v) is 0.708. The second-order valence-corrected chi connectivity index (χ2v) is 2.74. The van der Waals surface area contributed by atoms with Crippen molar-refractivity contribution in [3.8, 4) is 0 Å². The van der Waals surface area contributed by atoms with Crippen LogP contribution in [0.4, 0.5) is 0 Å². The largest absolute Gasteiger partial charge is 0.355 e. The van der Waals surface area contributed by atoms with Gasteiger partial charge in [-0.05, 0) is 0 Å². The van der Waals surface area contributed by atoms with Gasteiger partial charge in [0.2, 0.25) is 17.7 Å². The average molecular weight is 201 g/mol. The van der Waals surface area contributed by atoms with E-state index in [0.717, 1.165) is 0 Å². The van der Waals surface area contributed by atoms with Crippen molar-refractivity contribution in [1.29, 1.82) is 0 Å². The molecule has 0 rings (SSSR count). The number of carbonyl (C=O) groups is 3. The summed E-state index contributed by atoms with van der Waals surface area (Å²) in [5.41, 5.74) is 0. The lowest BCUT2D eigenvalue weighted by atomic mass is 10.5. The number of hydrogen-bond donors (Lipinski definition) is 3. The van der Waals surface area contributed by atoms with E-state index in [1.165, 1.54) is 13.8 Å². The van der Waals surface area contributed by atoms with Gasteiger partial charge in [-0.1, -0.05) is 0 Å². The third-order valence-corrected chi connectivity index (χ3v) is 1.32. The summed E-state index contributed by atoms with van der Waals surface area (Å²) in [5, 5.41) is 7.41. The third-order valence-electron chi connectivity index (χ3n) is 1.32. The molecule has 0 spiro atoms. The van der Waals surface area contributed by atoms with Gasteiger partial charge in [-0.3, -0.25) is 14.4 Å². The first kappa shape index (κ1) is 12.4. The lowest BCUT2D eigenvalue weighted by Gasteiger charge is -2.05. The lowest BCUT2D eigenvalue weighted by Crippen LogP contribution is -2.39. The van der Waals surface area contributed by atoms with Crippen LogP contribution in [-0.4, -0.2) is 37.4 Å². The number of nitrogens with one attached hydrogen (secondary N) is 3. The SMILES string of the molecule is CC(=O)NCCNC(=O)CNC(C)=O. The van der Waals surface area contributed by atoms with Gasteiger partial charge >= 0.3 is 0 Å². The van der Waals surface area contributed by atoms with Gasteiger partial charge in [0.15, 0.2) is 0 Å². The van der Waals surface area contributed by atoms with E-state index in [0.29, 0.717) is 13.1 Å². The zero-order chi connectivity index (χ0) is 11.0. The predicted octanol–water partition coefficient (Wildman–Crippen LogP) is -1.63. The summed E-state index contributed by atoms with van der Waals surface area (Å²) in [6, 6.07) is 0. The van der Waals surface area contributed by atoms with Crippen LogP contribution in [0.1, 0.15) is 13.8 Å². The van der Waals surface area contributed by atoms with Crippen molar-refractivity contribution in [2.75, 3.05) is 19.6 Å². The molecule has 0 aromatic rings. The van der Waals surface area contributed by atoms with E-state index in [-0.39, 0.29) is 24.3 Å². The van der Waals surface area contributed by atoms with Crippen LogP contribution >= 0.6 is 0 Å². The van der Waals surface area contributed by atoms with Gasteiger partial charge in [0.25, 0.3) is 0 Å². The van der Waals surface area contributed by atoms with Gasteiger partial charge in [0, 0.05) is 26.9 Å². The van der Waals surface area contributed by atoms with Crippen LogP contribution in [-0.2, 0) is 14.4 Å². The van der Waals surface area contributed by atoms with Gasteiger partial charge in [0.05, 0.1) is 6.54 Å². The highest BCUT2D eigenvalue weighted by atomic mass is 16.2. The molecule has 0 aliphatic rings. The molecule has 0 unspecified atom stereocenters. The Morgan fingerprint density at radius 2 is 1.36 bits per heavy atom. The molecule has 6 nitrogen and oxygen atoms in total. The van der Waals surface area contributed by atoms with Gasteiger partial charge in [-0.2, -0.15) is 0 Å². The maximum absolute atomic E-state index is 11.0. The number of hydrogen-bond acceptors (Lipinski definition) is 3. The van der Waals surface area contributed by atoms with Gasteiger partial charge < -0.3 is 16.0 Å². The van der Waals surface area contributed by atoms with Crippen LogP contribution < -0.4 is 16.0 Å². The fraction of sp³-hybridized carbons (Fsp3) is 0.625. The van der Waals surface area contributed by atoms with E-state index >= 15 is 0 Å². The molecule has 0 atom stereocenters. The molecule has 0 saturated carbocycles. The molecule has 0 heterocycles. The monoisotopic (exact) mass is 201 g/mol. The molecule has 0 saturated heterocycles. The molecule has 0 fully saturated rings. The molecule has 3 N–H and O–H groups in total. The summed E-state index contributed by atoms with van der Waals surface area (Å²) in [6.45, 7) is 3.46. The van der Waals surface area contributed by atoms with Crippen LogP contribution in [0, 0.1) is 0 Å². The Balaban J connectivity index is 3.36. The average Bonchev–Trinajstić information content (AvgIpc) is 2.08. The van der Waals surface area contributed by atoms with E-state index in [1.54, 1.807) is 0 Å². The molecule has 6 heteroatoms. The van der Waals surface area contributed by atoms with Crippen molar-refractivity contribution in [1.82, 2.24) is 16.0 Å². The second-order valence-electron chi connectivity index (χ2n) is 2.74. The van der Waals surface area contributed by atoms with Crippen LogP contribution in [0.25, 0.3) is 0 Å². The Morgan fingerprint density at radius 1 is 0.857 bits per heavy atom. The zero-order valence-electron chi connectivity index (χ0n) is 8.35. The normalized spacial score (nSPS) is 9.00. The first-order valence-electron chi connectivity index (χ1n) is 4.28. The molecule has 80 valence electrons. The molecule has 0 aliphatic heterocycles. The first-order valence-corrected chi connectivity index (χ1v) is 4.28. The molecule has 0 aliphatic carbocycles. The van der Waals surface area contributed by atoms with Crippen molar-refractivity contribution in [3.05, 3.63) is 0 Å². The maximum Gasteiger partial charge on any atom is 0.239 e. The van der Waals surface area contributed by atoms with Gasteiger partial charge in [-0.25, -0.2) is 0 Å². The number of carbonyl (C=O) groups excluding carboxylic acids is 3. The topological polar surface area (TPSA) is 87.3 Å². The Labute approximate surface area is 82.4 Å². The molecule has 0 aromatic carbocycles. The maximum atomic E-state index is 11.0. The quantitative estimate of drug-likeness (QED) is 0.467. The fourth-order valence-electron chi connectivity index (χ4n) is 0.708. The molecule has 0 aromatic heterocycles. The Hall–Kier alpha value is -1.59. The molecular formula is C8H15N3O3. The molecule has 3 amide bonds. The predicted molar refractivity (Wildman–Crippen MR) is 50.4 cm³/mol. The summed E-state index contributed by atoms with van der Waals surface area (Å²) in [7, 11) is 0. The Kier molecular flexibility index (Phi) is 6.09.